The lowest BCUT2D eigenvalue weighted by molar-refractivity contribution is -0.133. The summed E-state index contributed by atoms with van der Waals surface area (Å²) >= 11 is 5.93. The first kappa shape index (κ1) is 19.4. The van der Waals surface area contributed by atoms with Crippen molar-refractivity contribution in [2.24, 2.45) is 0 Å². The molecule has 1 aliphatic heterocycles. The summed E-state index contributed by atoms with van der Waals surface area (Å²) in [5.41, 5.74) is 2.77. The number of halogens is 2. The average Bonchev–Trinajstić information content (AvgIpc) is 3.09. The molecule has 1 saturated heterocycles. The van der Waals surface area contributed by atoms with Gasteiger partial charge in [-0.2, -0.15) is 0 Å². The lowest BCUT2D eigenvalue weighted by Gasteiger charge is -2.42. The third-order valence-electron chi connectivity index (χ3n) is 5.85. The molecule has 4 nitrogen and oxygen atoms in total. The van der Waals surface area contributed by atoms with Crippen molar-refractivity contribution in [1.82, 2.24) is 15.5 Å². The van der Waals surface area contributed by atoms with Gasteiger partial charge in [0.1, 0.15) is 11.4 Å². The first-order valence-electron chi connectivity index (χ1n) is 9.83. The summed E-state index contributed by atoms with van der Waals surface area (Å²) < 4.78 is 13.5. The summed E-state index contributed by atoms with van der Waals surface area (Å²) in [4.78, 5) is 15.7. The number of rotatable bonds is 5. The molecule has 2 aromatic rings. The van der Waals surface area contributed by atoms with Crippen LogP contribution >= 0.6 is 11.6 Å². The molecule has 2 aliphatic rings. The second-order valence-corrected chi connectivity index (χ2v) is 8.11. The molecular weight excluding hydrogens is 377 g/mol. The van der Waals surface area contributed by atoms with Crippen LogP contribution in [0.2, 0.25) is 5.02 Å². The topological polar surface area (TPSA) is 44.4 Å². The predicted molar refractivity (Wildman–Crippen MR) is 109 cm³/mol. The lowest BCUT2D eigenvalue weighted by Crippen LogP contribution is -2.64. The minimum absolute atomic E-state index is 0.0631. The summed E-state index contributed by atoms with van der Waals surface area (Å²) in [7, 11) is 0. The molecule has 1 aliphatic carbocycles. The smallest absolute Gasteiger partial charge is 0.241 e. The molecule has 0 saturated carbocycles. The zero-order valence-electron chi connectivity index (χ0n) is 15.8. The van der Waals surface area contributed by atoms with Crippen molar-refractivity contribution in [2.75, 3.05) is 32.7 Å². The maximum Gasteiger partial charge on any atom is 0.241 e. The van der Waals surface area contributed by atoms with Crippen molar-refractivity contribution in [3.8, 4) is 0 Å². The third-order valence-corrected chi connectivity index (χ3v) is 6.07. The summed E-state index contributed by atoms with van der Waals surface area (Å²) in [6, 6.07) is 12.8. The van der Waals surface area contributed by atoms with Crippen LogP contribution in [0.4, 0.5) is 4.39 Å². The van der Waals surface area contributed by atoms with Gasteiger partial charge in [-0.3, -0.25) is 9.69 Å². The van der Waals surface area contributed by atoms with Gasteiger partial charge in [0.2, 0.25) is 5.91 Å². The molecule has 0 unspecified atom stereocenters. The Hall–Kier alpha value is -1.95. The lowest BCUT2D eigenvalue weighted by atomic mass is 9.91. The van der Waals surface area contributed by atoms with E-state index < -0.39 is 5.54 Å². The van der Waals surface area contributed by atoms with E-state index in [0.717, 1.165) is 44.6 Å². The van der Waals surface area contributed by atoms with Crippen LogP contribution in [0.5, 0.6) is 0 Å². The molecule has 0 bridgehead atoms. The van der Waals surface area contributed by atoms with E-state index in [1.807, 2.05) is 12.1 Å². The van der Waals surface area contributed by atoms with Crippen LogP contribution in [-0.2, 0) is 24.1 Å². The molecule has 0 aromatic heterocycles. The van der Waals surface area contributed by atoms with Crippen LogP contribution in [0.25, 0.3) is 0 Å². The highest BCUT2D eigenvalue weighted by Crippen LogP contribution is 2.35. The van der Waals surface area contributed by atoms with E-state index in [9.17, 15) is 9.18 Å². The Labute approximate surface area is 170 Å². The van der Waals surface area contributed by atoms with Crippen LogP contribution in [-0.4, -0.2) is 49.1 Å². The third kappa shape index (κ3) is 3.93. The largest absolute Gasteiger partial charge is 0.354 e. The second kappa shape index (κ2) is 8.19. The van der Waals surface area contributed by atoms with E-state index in [2.05, 4.69) is 27.7 Å². The van der Waals surface area contributed by atoms with E-state index >= 15 is 0 Å². The molecule has 1 amide bonds. The van der Waals surface area contributed by atoms with Gasteiger partial charge in [-0.25, -0.2) is 4.39 Å². The van der Waals surface area contributed by atoms with Crippen LogP contribution < -0.4 is 10.6 Å². The molecule has 2 aromatic carbocycles. The molecule has 0 atom stereocenters. The van der Waals surface area contributed by atoms with Gasteiger partial charge >= 0.3 is 0 Å². The zero-order chi connectivity index (χ0) is 19.6. The molecule has 0 radical (unpaired) electrons. The number of benzene rings is 2. The van der Waals surface area contributed by atoms with E-state index in [4.69, 9.17) is 11.6 Å². The fourth-order valence-corrected chi connectivity index (χ4v) is 4.70. The van der Waals surface area contributed by atoms with Gasteiger partial charge in [0.05, 0.1) is 0 Å². The van der Waals surface area contributed by atoms with Crippen molar-refractivity contribution in [3.63, 3.8) is 0 Å². The number of hydrogen-bond donors (Lipinski definition) is 2. The second-order valence-electron chi connectivity index (χ2n) is 7.67. The highest BCUT2D eigenvalue weighted by Gasteiger charge is 2.48. The summed E-state index contributed by atoms with van der Waals surface area (Å²) in [6.45, 7) is 3.98. The number of nitrogens with zero attached hydrogens (tertiary/aromatic N) is 1. The molecule has 1 fully saturated rings. The first-order chi connectivity index (χ1) is 13.6. The fourth-order valence-electron chi connectivity index (χ4n) is 4.46. The van der Waals surface area contributed by atoms with Crippen molar-refractivity contribution < 1.29 is 9.18 Å². The molecule has 6 heteroatoms. The molecule has 4 rings (SSSR count). The minimum atomic E-state index is -0.536. The summed E-state index contributed by atoms with van der Waals surface area (Å²) in [6.07, 6.45) is 2.02. The predicted octanol–water partition coefficient (Wildman–Crippen LogP) is 2.58. The molecule has 1 heterocycles. The van der Waals surface area contributed by atoms with E-state index in [-0.39, 0.29) is 11.7 Å². The highest BCUT2D eigenvalue weighted by molar-refractivity contribution is 6.30. The van der Waals surface area contributed by atoms with Gasteiger partial charge in [-0.1, -0.05) is 35.9 Å². The number of piperazine rings is 1. The number of carbonyl (C=O) groups is 1. The number of hydrogen-bond acceptors (Lipinski definition) is 3. The van der Waals surface area contributed by atoms with E-state index in [0.29, 0.717) is 18.0 Å². The normalized spacial score (nSPS) is 18.6. The van der Waals surface area contributed by atoms with E-state index in [1.54, 1.807) is 6.07 Å². The maximum atomic E-state index is 13.5. The number of fused-ring (bicyclic) bond motifs is 1. The average molecular weight is 402 g/mol. The van der Waals surface area contributed by atoms with Crippen LogP contribution in [0, 0.1) is 5.82 Å². The molecule has 28 heavy (non-hydrogen) atoms. The van der Waals surface area contributed by atoms with Crippen LogP contribution in [0.15, 0.2) is 42.5 Å². The van der Waals surface area contributed by atoms with Crippen molar-refractivity contribution >= 4 is 17.5 Å². The number of amides is 1. The Balaban J connectivity index is 1.48. The Morgan fingerprint density at radius 2 is 1.82 bits per heavy atom. The molecule has 148 valence electrons. The summed E-state index contributed by atoms with van der Waals surface area (Å²) in [5.74, 6) is -0.287. The van der Waals surface area contributed by atoms with Gasteiger partial charge in [-0.15, -0.1) is 0 Å². The maximum absolute atomic E-state index is 13.5. The van der Waals surface area contributed by atoms with Gasteiger partial charge in [0.15, 0.2) is 0 Å². The minimum Gasteiger partial charge on any atom is -0.354 e. The Morgan fingerprint density at radius 1 is 1.14 bits per heavy atom. The summed E-state index contributed by atoms with van der Waals surface area (Å²) in [5, 5.41) is 6.87. The van der Waals surface area contributed by atoms with E-state index in [1.165, 1.54) is 23.3 Å². The zero-order valence-corrected chi connectivity index (χ0v) is 16.6. The van der Waals surface area contributed by atoms with Gasteiger partial charge in [-0.05, 0) is 41.3 Å². The monoisotopic (exact) mass is 401 g/mol. The first-order valence-corrected chi connectivity index (χ1v) is 10.2. The fraction of sp³-hybridized carbons (Fsp3) is 0.409. The SMILES string of the molecule is O=C(NCCc1cc(F)cc(Cl)c1)C1(N2CCNCC2)Cc2ccccc2C1. The van der Waals surface area contributed by atoms with Crippen molar-refractivity contribution in [1.29, 1.82) is 0 Å². The molecule has 2 N–H and O–H groups in total. The van der Waals surface area contributed by atoms with Crippen molar-refractivity contribution in [2.45, 2.75) is 24.8 Å². The van der Waals surface area contributed by atoms with Gasteiger partial charge in [0, 0.05) is 50.6 Å². The van der Waals surface area contributed by atoms with Gasteiger partial charge in [0.25, 0.3) is 0 Å². The Morgan fingerprint density at radius 3 is 2.46 bits per heavy atom. The standard InChI is InChI=1S/C22H25ClFN3O/c23-19-11-16(12-20(24)13-19)5-6-26-21(28)22(27-9-7-25-8-10-27)14-17-3-1-2-4-18(17)15-22/h1-4,11-13,25H,5-10,14-15H2,(H,26,28). The highest BCUT2D eigenvalue weighted by atomic mass is 35.5. The molecular formula is C22H25ClFN3O. The van der Waals surface area contributed by atoms with Crippen LogP contribution in [0.3, 0.4) is 0 Å². The van der Waals surface area contributed by atoms with Gasteiger partial charge < -0.3 is 10.6 Å². The number of nitrogens with one attached hydrogen (secondary N) is 2. The Kier molecular flexibility index (Phi) is 5.67. The Bertz CT molecular complexity index is 821. The quantitative estimate of drug-likeness (QED) is 0.809. The van der Waals surface area contributed by atoms with Crippen molar-refractivity contribution in [3.05, 3.63) is 70.0 Å². The number of carbonyl (C=O) groups excluding carboxylic acids is 1. The van der Waals surface area contributed by atoms with Crippen LogP contribution in [0.1, 0.15) is 16.7 Å². The molecule has 0 spiro atoms.